The number of thioether (sulfide) groups is 1. The highest BCUT2D eigenvalue weighted by molar-refractivity contribution is 7.99. The smallest absolute Gasteiger partial charge is 0.294 e. The standard InChI is InChI=1S/C41H51N11O11S3/c1-9-51(10-2)33-21-27(29(23-37(33)62-7)47-49-31-19-25(65(54,55)56)13-15-35(31)60-5)42-39-44-40(46-41(45-39)64-18-17-53)43-28-22-34(52(11-3)12-4)38(63-8)24-30(28)48-50-32-20-26(66(57,58)59)14-16-36(32)61-6/h13-16,19-24,53H,9-12,17-18H2,1-8H3,(H,54,55,56)(H,57,58,59)(H2,42,43,44,45,46). The van der Waals surface area contributed by atoms with E-state index in [1.165, 1.54) is 52.7 Å². The second-order valence-corrected chi connectivity index (χ2v) is 17.4. The van der Waals surface area contributed by atoms with Crippen LogP contribution in [-0.4, -0.2) is 113 Å². The zero-order valence-corrected chi connectivity index (χ0v) is 39.8. The molecule has 0 spiro atoms. The fraction of sp³-hybridized carbons (Fsp3) is 0.341. The Morgan fingerprint density at radius 3 is 1.27 bits per heavy atom. The Labute approximate surface area is 387 Å². The van der Waals surface area contributed by atoms with Crippen molar-refractivity contribution < 1.29 is 50.0 Å². The molecule has 0 saturated carbocycles. The normalized spacial score (nSPS) is 11.8. The van der Waals surface area contributed by atoms with Gasteiger partial charge in [0.05, 0.1) is 67.6 Å². The number of hydrogen-bond donors (Lipinski definition) is 5. The number of rotatable bonds is 23. The van der Waals surface area contributed by atoms with Gasteiger partial charge in [0, 0.05) is 44.1 Å². The third kappa shape index (κ3) is 12.5. The number of methoxy groups -OCH3 is 4. The van der Waals surface area contributed by atoms with E-state index in [0.29, 0.717) is 60.4 Å². The van der Waals surface area contributed by atoms with Gasteiger partial charge in [0.2, 0.25) is 11.9 Å². The third-order valence-electron chi connectivity index (χ3n) is 9.66. The van der Waals surface area contributed by atoms with Gasteiger partial charge in [-0.1, -0.05) is 11.8 Å². The number of hydrogen-bond acceptors (Lipinski definition) is 21. The van der Waals surface area contributed by atoms with E-state index in [4.69, 9.17) is 23.9 Å². The van der Waals surface area contributed by atoms with Crippen LogP contribution < -0.4 is 39.4 Å². The van der Waals surface area contributed by atoms with Crippen LogP contribution in [0, 0.1) is 0 Å². The molecule has 5 N–H and O–H groups in total. The second kappa shape index (κ2) is 22.7. The molecule has 354 valence electrons. The van der Waals surface area contributed by atoms with Crippen LogP contribution in [0.4, 0.5) is 57.4 Å². The van der Waals surface area contributed by atoms with Gasteiger partial charge in [-0.2, -0.15) is 31.8 Å². The fourth-order valence-electron chi connectivity index (χ4n) is 6.37. The number of benzene rings is 4. The molecule has 25 heteroatoms. The fourth-order valence-corrected chi connectivity index (χ4v) is 7.95. The largest absolute Gasteiger partial charge is 0.494 e. The Bertz CT molecular complexity index is 2610. The minimum atomic E-state index is -4.59. The molecule has 0 unspecified atom stereocenters. The molecule has 1 aromatic heterocycles. The van der Waals surface area contributed by atoms with Crippen LogP contribution >= 0.6 is 11.8 Å². The number of nitrogens with one attached hydrogen (secondary N) is 2. The van der Waals surface area contributed by atoms with E-state index in [1.54, 1.807) is 24.3 Å². The van der Waals surface area contributed by atoms with E-state index in [0.717, 1.165) is 23.9 Å². The first-order valence-electron chi connectivity index (χ1n) is 20.2. The molecular formula is C41H51N11O11S3. The molecule has 1 heterocycles. The van der Waals surface area contributed by atoms with Gasteiger partial charge >= 0.3 is 0 Å². The van der Waals surface area contributed by atoms with Crippen molar-refractivity contribution >= 4 is 89.4 Å². The monoisotopic (exact) mass is 969 g/mol. The lowest BCUT2D eigenvalue weighted by molar-refractivity contribution is 0.322. The molecule has 0 aliphatic rings. The molecule has 5 rings (SSSR count). The molecule has 0 amide bonds. The average Bonchev–Trinajstić information content (AvgIpc) is 3.30. The van der Waals surface area contributed by atoms with Crippen LogP contribution in [0.15, 0.2) is 96.1 Å². The first-order valence-corrected chi connectivity index (χ1v) is 24.0. The van der Waals surface area contributed by atoms with Crippen LogP contribution in [0.5, 0.6) is 23.0 Å². The lowest BCUT2D eigenvalue weighted by atomic mass is 10.2. The Morgan fingerprint density at radius 2 is 0.939 bits per heavy atom. The van der Waals surface area contributed by atoms with Gasteiger partial charge in [0.15, 0.2) is 5.16 Å². The minimum absolute atomic E-state index is 0.000743. The highest BCUT2D eigenvalue weighted by Gasteiger charge is 2.21. The third-order valence-corrected chi connectivity index (χ3v) is 12.2. The summed E-state index contributed by atoms with van der Waals surface area (Å²) in [6.45, 7) is 10.2. The van der Waals surface area contributed by atoms with Crippen molar-refractivity contribution in [2.45, 2.75) is 42.6 Å². The quantitative estimate of drug-likeness (QED) is 0.0233. The summed E-state index contributed by atoms with van der Waals surface area (Å²) in [6.07, 6.45) is 0. The average molecular weight is 970 g/mol. The lowest BCUT2D eigenvalue weighted by Crippen LogP contribution is -2.22. The zero-order valence-electron chi connectivity index (χ0n) is 37.4. The number of anilines is 6. The minimum Gasteiger partial charge on any atom is -0.494 e. The summed E-state index contributed by atoms with van der Waals surface area (Å²) in [5.41, 5.74) is 2.47. The van der Waals surface area contributed by atoms with Gasteiger partial charge in [-0.15, -0.1) is 20.5 Å². The predicted octanol–water partition coefficient (Wildman–Crippen LogP) is 8.49. The van der Waals surface area contributed by atoms with Crippen molar-refractivity contribution in [2.75, 3.05) is 87.4 Å². The number of aliphatic hydroxyl groups excluding tert-OH is 1. The maximum atomic E-state index is 12.0. The number of azo groups is 2. The van der Waals surface area contributed by atoms with Gasteiger partial charge in [-0.3, -0.25) is 9.11 Å². The molecule has 5 aromatic rings. The Morgan fingerprint density at radius 1 is 0.561 bits per heavy atom. The molecule has 0 aliphatic heterocycles. The molecule has 22 nitrogen and oxygen atoms in total. The summed E-state index contributed by atoms with van der Waals surface area (Å²) < 4.78 is 89.8. The van der Waals surface area contributed by atoms with Crippen molar-refractivity contribution in [1.29, 1.82) is 0 Å². The molecule has 0 saturated heterocycles. The molecule has 0 fully saturated rings. The number of ether oxygens (including phenoxy) is 4. The van der Waals surface area contributed by atoms with E-state index in [2.05, 4.69) is 41.1 Å². The summed E-state index contributed by atoms with van der Waals surface area (Å²) in [7, 11) is -3.41. The van der Waals surface area contributed by atoms with E-state index >= 15 is 0 Å². The van der Waals surface area contributed by atoms with Gasteiger partial charge in [-0.05, 0) is 76.2 Å². The van der Waals surface area contributed by atoms with Crippen molar-refractivity contribution in [3.63, 3.8) is 0 Å². The van der Waals surface area contributed by atoms with Crippen LogP contribution in [0.25, 0.3) is 0 Å². The SMILES string of the molecule is CCN(CC)c1cc(Nc2nc(Nc3cc(N(CC)CC)c(OC)cc3N=Nc3cc(S(=O)(=O)O)ccc3OC)nc(SCCO)n2)c(N=Nc2cc(S(=O)(=O)O)ccc2OC)cc1OC. The van der Waals surface area contributed by atoms with Crippen LogP contribution in [0.1, 0.15) is 27.7 Å². The first-order chi connectivity index (χ1) is 31.5. The van der Waals surface area contributed by atoms with Crippen LogP contribution in [0.3, 0.4) is 0 Å². The van der Waals surface area contributed by atoms with E-state index in [1.807, 2.05) is 37.5 Å². The van der Waals surface area contributed by atoms with Crippen molar-refractivity contribution in [3.05, 3.63) is 60.7 Å². The van der Waals surface area contributed by atoms with E-state index in [-0.39, 0.29) is 63.7 Å². The Kier molecular flexibility index (Phi) is 17.4. The summed E-state index contributed by atoms with van der Waals surface area (Å²) in [5, 5.41) is 34.0. The summed E-state index contributed by atoms with van der Waals surface area (Å²) in [5.74, 6) is 1.54. The predicted molar refractivity (Wildman–Crippen MR) is 251 cm³/mol. The highest BCUT2D eigenvalue weighted by Crippen LogP contribution is 2.43. The topological polar surface area (TPSA) is 285 Å². The summed E-state index contributed by atoms with van der Waals surface area (Å²) in [4.78, 5) is 17.2. The Balaban J connectivity index is 1.69. The van der Waals surface area contributed by atoms with Gasteiger partial charge in [0.25, 0.3) is 20.2 Å². The molecule has 66 heavy (non-hydrogen) atoms. The molecule has 4 aromatic carbocycles. The van der Waals surface area contributed by atoms with Gasteiger partial charge in [-0.25, -0.2) is 0 Å². The summed E-state index contributed by atoms with van der Waals surface area (Å²) >= 11 is 1.15. The van der Waals surface area contributed by atoms with Crippen LogP contribution in [0.2, 0.25) is 0 Å². The molecule has 0 atom stereocenters. The maximum Gasteiger partial charge on any atom is 0.294 e. The first kappa shape index (κ1) is 50.6. The van der Waals surface area contributed by atoms with Gasteiger partial charge in [0.1, 0.15) is 45.7 Å². The molecule has 0 radical (unpaired) electrons. The number of aliphatic hydroxyl groups is 1. The van der Waals surface area contributed by atoms with Gasteiger partial charge < -0.3 is 44.5 Å². The summed E-state index contributed by atoms with van der Waals surface area (Å²) in [6, 6.07) is 14.1. The lowest BCUT2D eigenvalue weighted by Gasteiger charge is -2.25. The van der Waals surface area contributed by atoms with E-state index < -0.39 is 30.0 Å². The second-order valence-electron chi connectivity index (χ2n) is 13.5. The number of nitrogens with zero attached hydrogens (tertiary/aromatic N) is 9. The highest BCUT2D eigenvalue weighted by atomic mass is 32.2. The Hall–Kier alpha value is -6.38. The molecule has 0 bridgehead atoms. The van der Waals surface area contributed by atoms with Crippen molar-refractivity contribution in [2.24, 2.45) is 20.5 Å². The zero-order chi connectivity index (χ0) is 48.2. The molecular weight excluding hydrogens is 919 g/mol. The molecule has 0 aliphatic carbocycles. The number of aromatic nitrogens is 3. The maximum absolute atomic E-state index is 12.0. The van der Waals surface area contributed by atoms with Crippen molar-refractivity contribution in [3.8, 4) is 23.0 Å². The van der Waals surface area contributed by atoms with Crippen LogP contribution in [-0.2, 0) is 20.2 Å². The van der Waals surface area contributed by atoms with Crippen molar-refractivity contribution in [1.82, 2.24) is 15.0 Å². The van der Waals surface area contributed by atoms with E-state index in [9.17, 15) is 31.0 Å².